The zero-order valence-electron chi connectivity index (χ0n) is 16.8. The van der Waals surface area contributed by atoms with Crippen molar-refractivity contribution in [1.29, 1.82) is 0 Å². The molecule has 0 bridgehead atoms. The molecule has 0 saturated heterocycles. The Morgan fingerprint density at radius 3 is 2.53 bits per heavy atom. The SMILES string of the molecule is Cc1ccc2c(c1)c(C(=O)c1nnc(-c3ncccn3)o1)c(Cl)n2Cc1ccc(Cl)cc1. The minimum atomic E-state index is -0.463. The molecule has 0 radical (unpaired) electrons. The lowest BCUT2D eigenvalue weighted by atomic mass is 10.1. The van der Waals surface area contributed by atoms with Gasteiger partial charge in [0.05, 0.1) is 11.1 Å². The normalized spacial score (nSPS) is 11.2. The molecule has 5 aromatic rings. The molecule has 3 aromatic heterocycles. The van der Waals surface area contributed by atoms with Crippen molar-refractivity contribution in [2.24, 2.45) is 0 Å². The maximum Gasteiger partial charge on any atom is 0.289 e. The molecule has 32 heavy (non-hydrogen) atoms. The monoisotopic (exact) mass is 463 g/mol. The van der Waals surface area contributed by atoms with Crippen molar-refractivity contribution in [3.63, 3.8) is 0 Å². The molecular formula is C23H15Cl2N5O2. The first kappa shape index (κ1) is 20.4. The van der Waals surface area contributed by atoms with Crippen LogP contribution in [0.2, 0.25) is 10.2 Å². The molecule has 158 valence electrons. The summed E-state index contributed by atoms with van der Waals surface area (Å²) in [6, 6.07) is 15.0. The van der Waals surface area contributed by atoms with Gasteiger partial charge >= 0.3 is 0 Å². The summed E-state index contributed by atoms with van der Waals surface area (Å²) in [5.41, 5.74) is 3.12. The number of nitrogens with zero attached hydrogens (tertiary/aromatic N) is 5. The number of aromatic nitrogens is 5. The van der Waals surface area contributed by atoms with Crippen LogP contribution in [0, 0.1) is 6.92 Å². The zero-order valence-corrected chi connectivity index (χ0v) is 18.3. The number of ketones is 1. The highest BCUT2D eigenvalue weighted by molar-refractivity contribution is 6.36. The van der Waals surface area contributed by atoms with Gasteiger partial charge in [-0.25, -0.2) is 9.97 Å². The molecule has 0 amide bonds. The third-order valence-electron chi connectivity index (χ3n) is 5.01. The lowest BCUT2D eigenvalue weighted by Crippen LogP contribution is -2.04. The van der Waals surface area contributed by atoms with Crippen molar-refractivity contribution < 1.29 is 9.21 Å². The standard InChI is InChI=1S/C23H15Cl2N5O2/c1-13-3-8-17-16(11-13)18(20(25)30(17)12-14-4-6-15(24)7-5-14)19(31)22-28-29-23(32-22)21-26-9-2-10-27-21/h2-11H,12H2,1H3. The molecule has 2 aromatic carbocycles. The van der Waals surface area contributed by atoms with Gasteiger partial charge in [0, 0.05) is 29.3 Å². The second-order valence-electron chi connectivity index (χ2n) is 7.21. The van der Waals surface area contributed by atoms with Gasteiger partial charge in [-0.2, -0.15) is 0 Å². The van der Waals surface area contributed by atoms with E-state index in [0.29, 0.717) is 27.7 Å². The van der Waals surface area contributed by atoms with Crippen molar-refractivity contribution in [3.05, 3.63) is 93.7 Å². The van der Waals surface area contributed by atoms with Gasteiger partial charge in [0.1, 0.15) is 5.15 Å². The lowest BCUT2D eigenvalue weighted by Gasteiger charge is -2.08. The van der Waals surface area contributed by atoms with Gasteiger partial charge in [-0.05, 0) is 42.8 Å². The van der Waals surface area contributed by atoms with Gasteiger partial charge in [-0.15, -0.1) is 10.2 Å². The fourth-order valence-corrected chi connectivity index (χ4v) is 3.97. The van der Waals surface area contributed by atoms with Crippen LogP contribution in [-0.4, -0.2) is 30.5 Å². The third-order valence-corrected chi connectivity index (χ3v) is 5.66. The minimum Gasteiger partial charge on any atom is -0.410 e. The fraction of sp³-hybridized carbons (Fsp3) is 0.0870. The minimum absolute atomic E-state index is 0.0613. The van der Waals surface area contributed by atoms with E-state index in [1.54, 1.807) is 18.5 Å². The van der Waals surface area contributed by atoms with Crippen LogP contribution in [0.5, 0.6) is 0 Å². The average molecular weight is 464 g/mol. The summed E-state index contributed by atoms with van der Waals surface area (Å²) >= 11 is 12.8. The molecule has 0 saturated carbocycles. The number of rotatable bonds is 5. The first-order chi connectivity index (χ1) is 15.5. The lowest BCUT2D eigenvalue weighted by molar-refractivity contribution is 0.100. The third kappa shape index (κ3) is 3.66. The van der Waals surface area contributed by atoms with E-state index < -0.39 is 5.78 Å². The maximum absolute atomic E-state index is 13.4. The summed E-state index contributed by atoms with van der Waals surface area (Å²) in [5.74, 6) is -0.339. The van der Waals surface area contributed by atoms with Crippen LogP contribution in [0.15, 0.2) is 65.3 Å². The van der Waals surface area contributed by atoms with Crippen LogP contribution in [0.4, 0.5) is 0 Å². The second-order valence-corrected chi connectivity index (χ2v) is 8.01. The Labute approximate surface area is 192 Å². The van der Waals surface area contributed by atoms with Crippen molar-refractivity contribution in [2.75, 3.05) is 0 Å². The predicted octanol–water partition coefficient (Wildman–Crippen LogP) is 5.38. The van der Waals surface area contributed by atoms with Crippen LogP contribution in [0.25, 0.3) is 22.6 Å². The van der Waals surface area contributed by atoms with Gasteiger partial charge in [0.25, 0.3) is 17.6 Å². The number of hydrogen-bond donors (Lipinski definition) is 0. The van der Waals surface area contributed by atoms with E-state index in [0.717, 1.165) is 16.6 Å². The first-order valence-electron chi connectivity index (χ1n) is 9.69. The van der Waals surface area contributed by atoms with Crippen molar-refractivity contribution in [1.82, 2.24) is 24.7 Å². The summed E-state index contributed by atoms with van der Waals surface area (Å²) in [7, 11) is 0. The molecule has 0 spiro atoms. The summed E-state index contributed by atoms with van der Waals surface area (Å²) in [5, 5.41) is 9.49. The number of fused-ring (bicyclic) bond motifs is 1. The topological polar surface area (TPSA) is 86.7 Å². The van der Waals surface area contributed by atoms with Crippen molar-refractivity contribution in [2.45, 2.75) is 13.5 Å². The van der Waals surface area contributed by atoms with E-state index >= 15 is 0 Å². The molecule has 9 heteroatoms. The number of aryl methyl sites for hydroxylation is 1. The number of carbonyl (C=O) groups excluding carboxylic acids is 1. The summed E-state index contributed by atoms with van der Waals surface area (Å²) < 4.78 is 7.46. The molecule has 0 unspecified atom stereocenters. The number of hydrogen-bond acceptors (Lipinski definition) is 6. The highest BCUT2D eigenvalue weighted by Crippen LogP contribution is 2.33. The molecule has 0 aliphatic heterocycles. The van der Waals surface area contributed by atoms with Gasteiger partial charge in [0.15, 0.2) is 0 Å². The Bertz CT molecular complexity index is 1440. The van der Waals surface area contributed by atoms with E-state index in [1.807, 2.05) is 54.0 Å². The van der Waals surface area contributed by atoms with Crippen LogP contribution in [0.1, 0.15) is 27.4 Å². The second kappa shape index (κ2) is 8.18. The van der Waals surface area contributed by atoms with Gasteiger partial charge in [-0.1, -0.05) is 47.0 Å². The van der Waals surface area contributed by atoms with Crippen LogP contribution in [-0.2, 0) is 6.54 Å². The molecule has 3 heterocycles. The molecule has 0 N–H and O–H groups in total. The van der Waals surface area contributed by atoms with Gasteiger partial charge < -0.3 is 8.98 Å². The fourth-order valence-electron chi connectivity index (χ4n) is 3.50. The summed E-state index contributed by atoms with van der Waals surface area (Å²) in [6.45, 7) is 2.42. The van der Waals surface area contributed by atoms with E-state index in [9.17, 15) is 4.79 Å². The molecule has 0 atom stereocenters. The van der Waals surface area contributed by atoms with E-state index in [2.05, 4.69) is 20.2 Å². The van der Waals surface area contributed by atoms with Crippen LogP contribution in [0.3, 0.4) is 0 Å². The van der Waals surface area contributed by atoms with E-state index in [4.69, 9.17) is 27.6 Å². The van der Waals surface area contributed by atoms with Gasteiger partial charge in [0.2, 0.25) is 5.82 Å². The first-order valence-corrected chi connectivity index (χ1v) is 10.5. The Hall–Kier alpha value is -3.55. The average Bonchev–Trinajstić information content (AvgIpc) is 3.39. The molecule has 7 nitrogen and oxygen atoms in total. The Morgan fingerprint density at radius 2 is 1.78 bits per heavy atom. The number of halogens is 2. The summed E-state index contributed by atoms with van der Waals surface area (Å²) in [6.07, 6.45) is 3.11. The Morgan fingerprint density at radius 1 is 1.03 bits per heavy atom. The Kier molecular flexibility index (Phi) is 5.20. The summed E-state index contributed by atoms with van der Waals surface area (Å²) in [4.78, 5) is 21.5. The Balaban J connectivity index is 1.60. The number of benzene rings is 2. The maximum atomic E-state index is 13.4. The molecule has 0 aliphatic carbocycles. The van der Waals surface area contributed by atoms with Crippen LogP contribution < -0.4 is 0 Å². The van der Waals surface area contributed by atoms with E-state index in [1.165, 1.54) is 0 Å². The predicted molar refractivity (Wildman–Crippen MR) is 121 cm³/mol. The quantitative estimate of drug-likeness (QED) is 0.325. The highest BCUT2D eigenvalue weighted by atomic mass is 35.5. The largest absolute Gasteiger partial charge is 0.410 e. The molecular weight excluding hydrogens is 449 g/mol. The smallest absolute Gasteiger partial charge is 0.289 e. The highest BCUT2D eigenvalue weighted by Gasteiger charge is 2.27. The van der Waals surface area contributed by atoms with E-state index in [-0.39, 0.29) is 17.6 Å². The van der Waals surface area contributed by atoms with Crippen molar-refractivity contribution in [3.8, 4) is 11.7 Å². The molecule has 5 rings (SSSR count). The zero-order chi connectivity index (χ0) is 22.2. The molecule has 0 fully saturated rings. The van der Waals surface area contributed by atoms with Crippen LogP contribution >= 0.6 is 23.2 Å². The van der Waals surface area contributed by atoms with Gasteiger partial charge in [-0.3, -0.25) is 4.79 Å². The number of carbonyl (C=O) groups is 1. The molecule has 0 aliphatic rings. The van der Waals surface area contributed by atoms with Crippen molar-refractivity contribution >= 4 is 39.9 Å².